The zero-order valence-electron chi connectivity index (χ0n) is 11.7. The monoisotopic (exact) mass is 420 g/mol. The van der Waals surface area contributed by atoms with Crippen molar-refractivity contribution in [3.63, 3.8) is 0 Å². The molecule has 0 bridgehead atoms. The smallest absolute Gasteiger partial charge is 0.140 e. The molecule has 0 atom stereocenters. The second-order valence-electron chi connectivity index (χ2n) is 4.94. The van der Waals surface area contributed by atoms with Crippen LogP contribution >= 0.6 is 58.0 Å². The van der Waals surface area contributed by atoms with E-state index in [4.69, 9.17) is 63.3 Å². The van der Waals surface area contributed by atoms with Gasteiger partial charge in [0, 0.05) is 28.2 Å². The zero-order valence-corrected chi connectivity index (χ0v) is 15.4. The van der Waals surface area contributed by atoms with Crippen LogP contribution in [0.5, 0.6) is 0 Å². The first-order valence-corrected chi connectivity index (χ1v) is 8.44. The number of halogens is 6. The van der Waals surface area contributed by atoms with E-state index in [1.807, 2.05) is 6.07 Å². The highest BCUT2D eigenvalue weighted by Gasteiger charge is 2.24. The molecule has 0 aliphatic rings. The van der Waals surface area contributed by atoms with E-state index in [1.54, 1.807) is 12.3 Å². The molecule has 3 rings (SSSR count). The number of rotatable bonds is 2. The van der Waals surface area contributed by atoms with Gasteiger partial charge in [-0.1, -0.05) is 58.0 Å². The molecule has 8 heteroatoms. The molecule has 0 fully saturated rings. The van der Waals surface area contributed by atoms with Crippen molar-refractivity contribution in [1.29, 1.82) is 5.26 Å². The van der Waals surface area contributed by atoms with Gasteiger partial charge in [0.25, 0.3) is 0 Å². The quantitative estimate of drug-likeness (QED) is 0.341. The number of hydrogen-bond donors (Lipinski definition) is 1. The predicted octanol–water partition coefficient (Wildman–Crippen LogP) is 7.31. The number of nitriles is 1. The highest BCUT2D eigenvalue weighted by molar-refractivity contribution is 6.56. The summed E-state index contributed by atoms with van der Waals surface area (Å²) in [5.74, 6) is -0.572. The fraction of sp³-hybridized carbons (Fsp3) is 0.0625. The van der Waals surface area contributed by atoms with Crippen LogP contribution in [0.3, 0.4) is 0 Å². The Morgan fingerprint density at radius 2 is 1.54 bits per heavy atom. The maximum absolute atomic E-state index is 15.1. The van der Waals surface area contributed by atoms with Crippen LogP contribution in [-0.2, 0) is 6.42 Å². The van der Waals surface area contributed by atoms with E-state index in [0.717, 1.165) is 0 Å². The van der Waals surface area contributed by atoms with Gasteiger partial charge in [-0.15, -0.1) is 0 Å². The molecule has 0 radical (unpaired) electrons. The zero-order chi connectivity index (χ0) is 17.6. The van der Waals surface area contributed by atoms with Crippen molar-refractivity contribution < 1.29 is 4.39 Å². The maximum Gasteiger partial charge on any atom is 0.140 e. The summed E-state index contributed by atoms with van der Waals surface area (Å²) in [6.45, 7) is 0. The lowest BCUT2D eigenvalue weighted by molar-refractivity contribution is 0.642. The molecule has 1 heterocycles. The first kappa shape index (κ1) is 17.7. The molecule has 122 valence electrons. The Labute approximate surface area is 161 Å². The Hall–Kier alpha value is -1.15. The van der Waals surface area contributed by atoms with Gasteiger partial charge in [-0.2, -0.15) is 5.26 Å². The van der Waals surface area contributed by atoms with E-state index in [0.29, 0.717) is 16.5 Å². The summed E-state index contributed by atoms with van der Waals surface area (Å²) in [5, 5.41) is 9.19. The summed E-state index contributed by atoms with van der Waals surface area (Å²) >= 11 is 30.5. The summed E-state index contributed by atoms with van der Waals surface area (Å²) < 4.78 is 15.1. The Morgan fingerprint density at radius 3 is 2.12 bits per heavy atom. The fourth-order valence-electron chi connectivity index (χ4n) is 2.51. The van der Waals surface area contributed by atoms with E-state index in [-0.39, 0.29) is 42.7 Å². The third-order valence-electron chi connectivity index (χ3n) is 3.61. The highest BCUT2D eigenvalue weighted by Crippen LogP contribution is 2.49. The number of nitrogens with one attached hydrogen (secondary N) is 1. The molecule has 2 nitrogen and oxygen atoms in total. The summed E-state index contributed by atoms with van der Waals surface area (Å²) in [6, 6.07) is 5.17. The molecular weight excluding hydrogens is 416 g/mol. The first-order chi connectivity index (χ1) is 11.4. The lowest BCUT2D eigenvalue weighted by Gasteiger charge is -2.14. The molecular formula is C16H6Cl5FN2. The van der Waals surface area contributed by atoms with Crippen LogP contribution in [0.4, 0.5) is 4.39 Å². The largest absolute Gasteiger partial charge is 0.361 e. The molecule has 2 aromatic carbocycles. The van der Waals surface area contributed by atoms with Crippen LogP contribution in [0.2, 0.25) is 25.1 Å². The number of aromatic amines is 1. The number of aromatic nitrogens is 1. The van der Waals surface area contributed by atoms with Gasteiger partial charge in [0.05, 0.1) is 37.6 Å². The lowest BCUT2D eigenvalue weighted by atomic mass is 10.0. The minimum Gasteiger partial charge on any atom is -0.361 e. The van der Waals surface area contributed by atoms with Crippen LogP contribution in [0.1, 0.15) is 5.56 Å². The number of benzene rings is 2. The molecule has 0 unspecified atom stereocenters. The summed E-state index contributed by atoms with van der Waals surface area (Å²) in [6.07, 6.45) is 1.65. The van der Waals surface area contributed by atoms with Crippen molar-refractivity contribution in [3.8, 4) is 17.2 Å². The van der Waals surface area contributed by atoms with Crippen LogP contribution in [0, 0.1) is 17.1 Å². The third-order valence-corrected chi connectivity index (χ3v) is 5.89. The van der Waals surface area contributed by atoms with Crippen LogP contribution in [-0.4, -0.2) is 4.98 Å². The average Bonchev–Trinajstić information content (AvgIpc) is 2.97. The molecule has 0 saturated carbocycles. The second kappa shape index (κ2) is 6.63. The fourth-order valence-corrected chi connectivity index (χ4v) is 3.85. The van der Waals surface area contributed by atoms with Crippen LogP contribution in [0.25, 0.3) is 22.0 Å². The predicted molar refractivity (Wildman–Crippen MR) is 98.1 cm³/mol. The van der Waals surface area contributed by atoms with Gasteiger partial charge in [-0.3, -0.25) is 0 Å². The van der Waals surface area contributed by atoms with Crippen molar-refractivity contribution in [2.24, 2.45) is 0 Å². The average molecular weight is 423 g/mol. The topological polar surface area (TPSA) is 39.6 Å². The van der Waals surface area contributed by atoms with E-state index >= 15 is 4.39 Å². The first-order valence-electron chi connectivity index (χ1n) is 6.55. The van der Waals surface area contributed by atoms with Crippen LogP contribution in [0.15, 0.2) is 18.3 Å². The van der Waals surface area contributed by atoms with Crippen molar-refractivity contribution in [2.75, 3.05) is 0 Å². The van der Waals surface area contributed by atoms with Gasteiger partial charge in [-0.25, -0.2) is 4.39 Å². The van der Waals surface area contributed by atoms with Gasteiger partial charge >= 0.3 is 0 Å². The molecule has 0 amide bonds. The molecule has 3 aromatic rings. The highest BCUT2D eigenvalue weighted by atomic mass is 35.5. The van der Waals surface area contributed by atoms with Gasteiger partial charge in [0.2, 0.25) is 0 Å². The normalized spacial score (nSPS) is 11.0. The van der Waals surface area contributed by atoms with Gasteiger partial charge in [0.15, 0.2) is 0 Å². The van der Waals surface area contributed by atoms with E-state index in [2.05, 4.69) is 4.98 Å². The maximum atomic E-state index is 15.1. The minimum atomic E-state index is -0.572. The van der Waals surface area contributed by atoms with E-state index in [9.17, 15) is 0 Å². The molecule has 0 saturated heterocycles. The van der Waals surface area contributed by atoms with Crippen molar-refractivity contribution in [2.45, 2.75) is 6.42 Å². The Bertz CT molecular complexity index is 991. The molecule has 0 aliphatic carbocycles. The lowest BCUT2D eigenvalue weighted by Crippen LogP contribution is -1.92. The summed E-state index contributed by atoms with van der Waals surface area (Å²) in [7, 11) is 0. The van der Waals surface area contributed by atoms with E-state index < -0.39 is 5.82 Å². The standard InChI is InChI=1S/C16H6Cl5FN2/c17-11-10(12(18)14(20)15(21)13(11)19)7-1-2-8-9(16(7)22)6(3-4-23)5-24-8/h1-2,5,24H,3H2. The van der Waals surface area contributed by atoms with Crippen LogP contribution < -0.4 is 0 Å². The Morgan fingerprint density at radius 1 is 0.958 bits per heavy atom. The number of nitrogens with zero attached hydrogens (tertiary/aromatic N) is 1. The summed E-state index contributed by atoms with van der Waals surface area (Å²) in [5.41, 5.74) is 1.36. The molecule has 1 N–H and O–H groups in total. The SMILES string of the molecule is N#CCc1c[nH]c2ccc(-c3c(Cl)c(Cl)c(Cl)c(Cl)c3Cl)c(F)c12. The Kier molecular flexibility index (Phi) is 4.88. The van der Waals surface area contributed by atoms with Crippen molar-refractivity contribution >= 4 is 68.9 Å². The van der Waals surface area contributed by atoms with Gasteiger partial charge < -0.3 is 4.98 Å². The number of fused-ring (bicyclic) bond motifs is 1. The second-order valence-corrected chi connectivity index (χ2v) is 6.83. The van der Waals surface area contributed by atoms with E-state index in [1.165, 1.54) is 6.07 Å². The minimum absolute atomic E-state index is 0.00498. The van der Waals surface area contributed by atoms with Gasteiger partial charge in [-0.05, 0) is 17.7 Å². The molecule has 0 aliphatic heterocycles. The van der Waals surface area contributed by atoms with Crippen molar-refractivity contribution in [3.05, 3.63) is 54.8 Å². The molecule has 1 aromatic heterocycles. The summed E-state index contributed by atoms with van der Waals surface area (Å²) in [4.78, 5) is 2.92. The number of H-pyrrole nitrogens is 1. The molecule has 24 heavy (non-hydrogen) atoms. The van der Waals surface area contributed by atoms with Gasteiger partial charge in [0.1, 0.15) is 5.82 Å². The Balaban J connectivity index is 2.38. The third kappa shape index (κ3) is 2.63. The number of hydrogen-bond acceptors (Lipinski definition) is 1. The van der Waals surface area contributed by atoms with Crippen molar-refractivity contribution in [1.82, 2.24) is 4.98 Å². The molecule has 0 spiro atoms.